The lowest BCUT2D eigenvalue weighted by molar-refractivity contribution is -0.132. The minimum absolute atomic E-state index is 0.0775. The van der Waals surface area contributed by atoms with Crippen molar-refractivity contribution >= 4 is 29.1 Å². The highest BCUT2D eigenvalue weighted by Gasteiger charge is 2.47. The van der Waals surface area contributed by atoms with Crippen LogP contribution in [0.25, 0.3) is 5.76 Å². The number of esters is 1. The van der Waals surface area contributed by atoms with Crippen LogP contribution >= 0.6 is 0 Å². The number of amides is 1. The molecule has 1 unspecified atom stereocenters. The molecule has 9 nitrogen and oxygen atoms in total. The zero-order chi connectivity index (χ0) is 26.8. The van der Waals surface area contributed by atoms with Crippen molar-refractivity contribution in [1.29, 1.82) is 0 Å². The molecule has 0 saturated carbocycles. The van der Waals surface area contributed by atoms with Crippen molar-refractivity contribution in [2.24, 2.45) is 0 Å². The van der Waals surface area contributed by atoms with Crippen molar-refractivity contribution in [2.45, 2.75) is 13.0 Å². The van der Waals surface area contributed by atoms with Crippen molar-refractivity contribution in [3.05, 3.63) is 89.0 Å². The van der Waals surface area contributed by atoms with Crippen molar-refractivity contribution < 1.29 is 38.4 Å². The van der Waals surface area contributed by atoms with E-state index in [1.807, 2.05) is 0 Å². The average molecular weight is 516 g/mol. The van der Waals surface area contributed by atoms with E-state index in [1.54, 1.807) is 61.5 Å². The molecule has 0 bridgehead atoms. The minimum atomic E-state index is -0.942. The second-order valence-electron chi connectivity index (χ2n) is 8.57. The van der Waals surface area contributed by atoms with E-state index >= 15 is 0 Å². The smallest absolute Gasteiger partial charge is 0.338 e. The highest BCUT2D eigenvalue weighted by molar-refractivity contribution is 6.51. The molecule has 2 heterocycles. The van der Waals surface area contributed by atoms with Gasteiger partial charge in [0.05, 0.1) is 30.9 Å². The summed E-state index contributed by atoms with van der Waals surface area (Å²) in [5.41, 5.74) is 1.50. The molecule has 0 radical (unpaired) electrons. The number of benzene rings is 3. The fourth-order valence-corrected chi connectivity index (χ4v) is 4.52. The Kier molecular flexibility index (Phi) is 6.74. The Hall–Kier alpha value is -4.79. The van der Waals surface area contributed by atoms with E-state index in [2.05, 4.69) is 0 Å². The molecule has 5 rings (SSSR count). The number of anilines is 1. The van der Waals surface area contributed by atoms with Gasteiger partial charge in [0.15, 0.2) is 11.5 Å². The lowest BCUT2D eigenvalue weighted by Crippen LogP contribution is -2.29. The number of hydrogen-bond donors (Lipinski definition) is 1. The van der Waals surface area contributed by atoms with Crippen LogP contribution in [0.4, 0.5) is 5.69 Å². The van der Waals surface area contributed by atoms with E-state index in [1.165, 1.54) is 24.1 Å². The third-order valence-electron chi connectivity index (χ3n) is 6.35. The predicted octanol–water partition coefficient (Wildman–Crippen LogP) is 4.27. The van der Waals surface area contributed by atoms with Crippen LogP contribution in [0, 0.1) is 0 Å². The van der Waals surface area contributed by atoms with E-state index in [-0.39, 0.29) is 17.9 Å². The maximum Gasteiger partial charge on any atom is 0.338 e. The Bertz CT molecular complexity index is 1430. The molecule has 38 heavy (non-hydrogen) atoms. The molecule has 0 aromatic heterocycles. The summed E-state index contributed by atoms with van der Waals surface area (Å²) >= 11 is 0. The molecule has 0 aliphatic carbocycles. The van der Waals surface area contributed by atoms with Crippen molar-refractivity contribution in [2.75, 3.05) is 31.8 Å². The zero-order valence-corrected chi connectivity index (χ0v) is 20.8. The Morgan fingerprint density at radius 1 is 0.947 bits per heavy atom. The number of hydrogen-bond acceptors (Lipinski definition) is 8. The Morgan fingerprint density at radius 3 is 2.26 bits per heavy atom. The summed E-state index contributed by atoms with van der Waals surface area (Å²) in [6.07, 6.45) is 0. The summed E-state index contributed by atoms with van der Waals surface area (Å²) in [5, 5.41) is 11.4. The number of nitrogens with zero attached hydrogens (tertiary/aromatic N) is 1. The quantitative estimate of drug-likeness (QED) is 0.224. The summed E-state index contributed by atoms with van der Waals surface area (Å²) in [7, 11) is 1.54. The monoisotopic (exact) mass is 515 g/mol. The van der Waals surface area contributed by atoms with Gasteiger partial charge in [-0.25, -0.2) is 4.79 Å². The van der Waals surface area contributed by atoms with E-state index in [0.717, 1.165) is 0 Å². The number of carbonyl (C=O) groups excluding carboxylic acids is 3. The standard InChI is InChI=1S/C29H25NO8/c1-3-36-29(34)18-4-9-20(10-5-18)30-25(17-6-11-21(35-2)12-7-17)24(27(32)28(30)33)26(31)19-8-13-22-23(16-19)38-15-14-37-22/h4-13,16,25,31H,3,14-15H2,1-2H3/b26-24-. The molecule has 0 spiro atoms. The van der Waals surface area contributed by atoms with Gasteiger partial charge in [0.25, 0.3) is 11.7 Å². The second kappa shape index (κ2) is 10.3. The normalized spacial score (nSPS) is 17.8. The zero-order valence-electron chi connectivity index (χ0n) is 20.8. The number of aliphatic hydroxyl groups is 1. The summed E-state index contributed by atoms with van der Waals surface area (Å²) in [5.74, 6) is -0.928. The van der Waals surface area contributed by atoms with Crippen molar-refractivity contribution in [3.8, 4) is 17.2 Å². The van der Waals surface area contributed by atoms with Crippen LogP contribution in [0.15, 0.2) is 72.3 Å². The lowest BCUT2D eigenvalue weighted by atomic mass is 9.95. The number of aliphatic hydroxyl groups excluding tert-OH is 1. The van der Waals surface area contributed by atoms with Gasteiger partial charge in [0.1, 0.15) is 24.7 Å². The predicted molar refractivity (Wildman–Crippen MR) is 138 cm³/mol. The Labute approximate surface area is 218 Å². The van der Waals surface area contributed by atoms with Crippen molar-refractivity contribution in [1.82, 2.24) is 0 Å². The van der Waals surface area contributed by atoms with Gasteiger partial charge in [-0.2, -0.15) is 0 Å². The number of ketones is 1. The third-order valence-corrected chi connectivity index (χ3v) is 6.35. The summed E-state index contributed by atoms with van der Waals surface area (Å²) in [6, 6.07) is 17.0. The highest BCUT2D eigenvalue weighted by atomic mass is 16.6. The second-order valence-corrected chi connectivity index (χ2v) is 8.57. The van der Waals surface area contributed by atoms with E-state index in [0.29, 0.717) is 52.8 Å². The van der Waals surface area contributed by atoms with E-state index < -0.39 is 23.7 Å². The van der Waals surface area contributed by atoms with E-state index in [4.69, 9.17) is 18.9 Å². The van der Waals surface area contributed by atoms with Gasteiger partial charge in [-0.05, 0) is 67.1 Å². The fraction of sp³-hybridized carbons (Fsp3) is 0.207. The number of carbonyl (C=O) groups is 3. The summed E-state index contributed by atoms with van der Waals surface area (Å²) < 4.78 is 21.5. The van der Waals surface area contributed by atoms with Gasteiger partial charge in [0.2, 0.25) is 0 Å². The van der Waals surface area contributed by atoms with Crippen LogP contribution in [0.5, 0.6) is 17.2 Å². The Balaban J connectivity index is 1.62. The highest BCUT2D eigenvalue weighted by Crippen LogP contribution is 2.43. The lowest BCUT2D eigenvalue weighted by Gasteiger charge is -2.26. The Morgan fingerprint density at radius 2 is 1.61 bits per heavy atom. The first-order valence-corrected chi connectivity index (χ1v) is 12.0. The molecule has 2 aliphatic heterocycles. The molecule has 2 aliphatic rings. The molecule has 194 valence electrons. The summed E-state index contributed by atoms with van der Waals surface area (Å²) in [4.78, 5) is 40.2. The summed E-state index contributed by atoms with van der Waals surface area (Å²) in [6.45, 7) is 2.71. The number of methoxy groups -OCH3 is 1. The molecular formula is C29H25NO8. The molecule has 1 fully saturated rings. The minimum Gasteiger partial charge on any atom is -0.507 e. The number of rotatable bonds is 6. The largest absolute Gasteiger partial charge is 0.507 e. The maximum atomic E-state index is 13.4. The first kappa shape index (κ1) is 24.9. The average Bonchev–Trinajstić information content (AvgIpc) is 3.22. The van der Waals surface area contributed by atoms with Gasteiger partial charge >= 0.3 is 5.97 Å². The SMILES string of the molecule is CCOC(=O)c1ccc(N2C(=O)C(=O)/C(=C(\O)c3ccc4c(c3)OCCO4)C2c2ccc(OC)cc2)cc1. The first-order chi connectivity index (χ1) is 18.4. The van der Waals surface area contributed by atoms with Crippen LogP contribution in [0.3, 0.4) is 0 Å². The molecule has 1 N–H and O–H groups in total. The topological polar surface area (TPSA) is 112 Å². The molecule has 1 saturated heterocycles. The molecule has 9 heteroatoms. The number of fused-ring (bicyclic) bond motifs is 1. The van der Waals surface area contributed by atoms with Gasteiger partial charge in [0, 0.05) is 11.3 Å². The third kappa shape index (κ3) is 4.43. The van der Waals surface area contributed by atoms with Crippen LogP contribution in [0.2, 0.25) is 0 Å². The van der Waals surface area contributed by atoms with Crippen LogP contribution in [-0.2, 0) is 14.3 Å². The van der Waals surface area contributed by atoms with Gasteiger partial charge < -0.3 is 24.1 Å². The van der Waals surface area contributed by atoms with Crippen LogP contribution in [0.1, 0.15) is 34.5 Å². The fourth-order valence-electron chi connectivity index (χ4n) is 4.52. The molecular weight excluding hydrogens is 490 g/mol. The van der Waals surface area contributed by atoms with Gasteiger partial charge in [-0.15, -0.1) is 0 Å². The first-order valence-electron chi connectivity index (χ1n) is 12.0. The molecule has 3 aromatic carbocycles. The molecule has 3 aromatic rings. The van der Waals surface area contributed by atoms with Gasteiger partial charge in [-0.1, -0.05) is 12.1 Å². The van der Waals surface area contributed by atoms with E-state index in [9.17, 15) is 19.5 Å². The molecule has 1 atom stereocenters. The molecule has 1 amide bonds. The van der Waals surface area contributed by atoms with Gasteiger partial charge in [-0.3, -0.25) is 14.5 Å². The van der Waals surface area contributed by atoms with Crippen molar-refractivity contribution in [3.63, 3.8) is 0 Å². The maximum absolute atomic E-state index is 13.4. The van der Waals surface area contributed by atoms with Crippen LogP contribution < -0.4 is 19.1 Å². The number of ether oxygens (including phenoxy) is 4. The van der Waals surface area contributed by atoms with Crippen LogP contribution in [-0.4, -0.2) is 49.7 Å². The number of Topliss-reactive ketones (excluding diaryl/α,β-unsaturated/α-hetero) is 1.